The fraction of sp³-hybridized carbons (Fsp3) is 0.588. The first-order chi connectivity index (χ1) is 9.74. The van der Waals surface area contributed by atoms with E-state index in [-0.39, 0.29) is 5.91 Å². The van der Waals surface area contributed by atoms with Crippen molar-refractivity contribution in [3.8, 4) is 0 Å². The van der Waals surface area contributed by atoms with E-state index < -0.39 is 0 Å². The van der Waals surface area contributed by atoms with Crippen LogP contribution in [0.3, 0.4) is 0 Å². The summed E-state index contributed by atoms with van der Waals surface area (Å²) in [5, 5.41) is 2.96. The van der Waals surface area contributed by atoms with Crippen molar-refractivity contribution in [2.24, 2.45) is 0 Å². The van der Waals surface area contributed by atoms with E-state index in [9.17, 15) is 4.79 Å². The van der Waals surface area contributed by atoms with Crippen LogP contribution in [0.1, 0.15) is 46.0 Å². The summed E-state index contributed by atoms with van der Waals surface area (Å²) in [7, 11) is 0. The predicted molar refractivity (Wildman–Crippen MR) is 83.3 cm³/mol. The Balaban J connectivity index is 2.03. The number of rotatable bonds is 7. The van der Waals surface area contributed by atoms with Crippen molar-refractivity contribution in [1.82, 2.24) is 10.2 Å². The van der Waals surface area contributed by atoms with E-state index in [0.29, 0.717) is 6.42 Å². The van der Waals surface area contributed by atoms with E-state index in [1.807, 2.05) is 6.08 Å². The molecule has 0 spiro atoms. The maximum atomic E-state index is 11.6. The largest absolute Gasteiger partial charge is 0.326 e. The second-order valence-corrected chi connectivity index (χ2v) is 5.61. The topological polar surface area (TPSA) is 32.3 Å². The van der Waals surface area contributed by atoms with Gasteiger partial charge >= 0.3 is 0 Å². The van der Waals surface area contributed by atoms with Crippen molar-refractivity contribution in [3.05, 3.63) is 35.1 Å². The molecule has 20 heavy (non-hydrogen) atoms. The van der Waals surface area contributed by atoms with E-state index >= 15 is 0 Å². The van der Waals surface area contributed by atoms with Crippen molar-refractivity contribution in [2.75, 3.05) is 19.6 Å². The van der Waals surface area contributed by atoms with Crippen molar-refractivity contribution in [3.63, 3.8) is 0 Å². The van der Waals surface area contributed by atoms with Crippen molar-refractivity contribution in [1.29, 1.82) is 0 Å². The van der Waals surface area contributed by atoms with Crippen LogP contribution in [0.15, 0.2) is 35.1 Å². The number of nitrogens with zero attached hydrogens (tertiary/aromatic N) is 1. The zero-order valence-corrected chi connectivity index (χ0v) is 12.7. The van der Waals surface area contributed by atoms with Crippen LogP contribution in [0.2, 0.25) is 0 Å². The third kappa shape index (κ3) is 3.83. The predicted octanol–water partition coefficient (Wildman–Crippen LogP) is 3.16. The highest BCUT2D eigenvalue weighted by atomic mass is 16.1. The third-order valence-electron chi connectivity index (χ3n) is 3.94. The average molecular weight is 274 g/mol. The van der Waals surface area contributed by atoms with Gasteiger partial charge in [0.05, 0.1) is 6.42 Å². The molecule has 0 atom stereocenters. The normalized spacial score (nSPS) is 18.1. The number of allylic oxidation sites excluding steroid dienone is 4. The summed E-state index contributed by atoms with van der Waals surface area (Å²) in [6.07, 6.45) is 11.3. The number of amides is 1. The lowest BCUT2D eigenvalue weighted by molar-refractivity contribution is -0.118. The van der Waals surface area contributed by atoms with Gasteiger partial charge in [0, 0.05) is 12.2 Å². The SMILES string of the molecule is CCCN(CCC)CCC1=C2CC(=O)NC2=CC=CC1. The fourth-order valence-electron chi connectivity index (χ4n) is 2.99. The summed E-state index contributed by atoms with van der Waals surface area (Å²) >= 11 is 0. The minimum Gasteiger partial charge on any atom is -0.326 e. The molecule has 1 amide bonds. The Morgan fingerprint density at radius 2 is 1.95 bits per heavy atom. The lowest BCUT2D eigenvalue weighted by atomic mass is 9.99. The van der Waals surface area contributed by atoms with Crippen molar-refractivity contribution in [2.45, 2.75) is 46.0 Å². The standard InChI is InChI=1S/C17H26N2O/c1-3-10-19(11-4-2)12-9-14-7-5-6-8-16-15(14)13-17(20)18-16/h5-6,8H,3-4,7,9-13H2,1-2H3,(H,18,20). The number of fused-ring (bicyclic) bond motifs is 1. The maximum Gasteiger partial charge on any atom is 0.228 e. The van der Waals surface area contributed by atoms with Crippen LogP contribution in [0, 0.1) is 0 Å². The first-order valence-corrected chi connectivity index (χ1v) is 7.84. The van der Waals surface area contributed by atoms with E-state index in [0.717, 1.165) is 25.1 Å². The summed E-state index contributed by atoms with van der Waals surface area (Å²) in [4.78, 5) is 14.1. The molecule has 3 heteroatoms. The Labute approximate surface area is 122 Å². The first-order valence-electron chi connectivity index (χ1n) is 7.84. The van der Waals surface area contributed by atoms with Gasteiger partial charge in [-0.3, -0.25) is 4.79 Å². The molecule has 0 bridgehead atoms. The Morgan fingerprint density at radius 1 is 1.20 bits per heavy atom. The number of hydrogen-bond donors (Lipinski definition) is 1. The molecule has 1 heterocycles. The highest BCUT2D eigenvalue weighted by Gasteiger charge is 2.24. The van der Waals surface area contributed by atoms with Crippen LogP contribution in [-0.4, -0.2) is 30.4 Å². The smallest absolute Gasteiger partial charge is 0.228 e. The lowest BCUT2D eigenvalue weighted by Gasteiger charge is -2.22. The van der Waals surface area contributed by atoms with Gasteiger partial charge in [-0.15, -0.1) is 0 Å². The van der Waals surface area contributed by atoms with Crippen molar-refractivity contribution >= 4 is 5.91 Å². The second-order valence-electron chi connectivity index (χ2n) is 5.61. The zero-order valence-electron chi connectivity index (χ0n) is 12.7. The van der Waals surface area contributed by atoms with Crippen LogP contribution in [0.25, 0.3) is 0 Å². The minimum absolute atomic E-state index is 0.137. The molecule has 1 saturated heterocycles. The zero-order chi connectivity index (χ0) is 14.4. The number of hydrogen-bond acceptors (Lipinski definition) is 2. The van der Waals surface area contributed by atoms with Gasteiger partial charge in [-0.1, -0.05) is 31.6 Å². The van der Waals surface area contributed by atoms with Gasteiger partial charge in [-0.2, -0.15) is 0 Å². The summed E-state index contributed by atoms with van der Waals surface area (Å²) in [6.45, 7) is 7.92. The van der Waals surface area contributed by atoms with E-state index in [4.69, 9.17) is 0 Å². The van der Waals surface area contributed by atoms with Gasteiger partial charge in [0.2, 0.25) is 5.91 Å². The molecule has 1 N–H and O–H groups in total. The lowest BCUT2D eigenvalue weighted by Crippen LogP contribution is -2.27. The Kier molecular flexibility index (Phi) is 5.60. The molecule has 0 saturated carbocycles. The monoisotopic (exact) mass is 274 g/mol. The van der Waals surface area contributed by atoms with Gasteiger partial charge < -0.3 is 10.2 Å². The maximum absolute atomic E-state index is 11.6. The van der Waals surface area contributed by atoms with E-state index in [2.05, 4.69) is 36.2 Å². The summed E-state index contributed by atoms with van der Waals surface area (Å²) in [5.41, 5.74) is 3.70. The van der Waals surface area contributed by atoms with Gasteiger partial charge in [0.1, 0.15) is 0 Å². The average Bonchev–Trinajstić information content (AvgIpc) is 2.69. The van der Waals surface area contributed by atoms with Crippen molar-refractivity contribution < 1.29 is 4.79 Å². The Bertz CT molecular complexity index is 440. The number of nitrogens with one attached hydrogen (secondary N) is 1. The molecule has 1 fully saturated rings. The summed E-state index contributed by atoms with van der Waals surface area (Å²) in [6, 6.07) is 0. The van der Waals surface area contributed by atoms with Gasteiger partial charge in [-0.05, 0) is 50.4 Å². The van der Waals surface area contributed by atoms with E-state index in [1.165, 1.54) is 37.1 Å². The van der Waals surface area contributed by atoms with Gasteiger partial charge in [0.15, 0.2) is 0 Å². The highest BCUT2D eigenvalue weighted by molar-refractivity contribution is 5.87. The number of carbonyl (C=O) groups excluding carboxylic acids is 1. The van der Waals surface area contributed by atoms with Crippen LogP contribution in [-0.2, 0) is 4.79 Å². The molecule has 1 aliphatic heterocycles. The highest BCUT2D eigenvalue weighted by Crippen LogP contribution is 2.29. The number of carbonyl (C=O) groups is 1. The molecule has 0 aromatic rings. The molecule has 0 unspecified atom stereocenters. The Hall–Kier alpha value is -1.35. The molecule has 1 aliphatic carbocycles. The molecule has 3 nitrogen and oxygen atoms in total. The Morgan fingerprint density at radius 3 is 2.65 bits per heavy atom. The summed E-state index contributed by atoms with van der Waals surface area (Å²) < 4.78 is 0. The molecular formula is C17H26N2O. The van der Waals surface area contributed by atoms with Crippen LogP contribution >= 0.6 is 0 Å². The molecule has 110 valence electrons. The summed E-state index contributed by atoms with van der Waals surface area (Å²) in [5.74, 6) is 0.137. The molecule has 0 aromatic carbocycles. The first kappa shape index (κ1) is 15.0. The molecular weight excluding hydrogens is 248 g/mol. The molecule has 0 radical (unpaired) electrons. The molecule has 2 rings (SSSR count). The van der Waals surface area contributed by atoms with E-state index in [1.54, 1.807) is 0 Å². The molecule has 2 aliphatic rings. The van der Waals surface area contributed by atoms with Gasteiger partial charge in [0.25, 0.3) is 0 Å². The van der Waals surface area contributed by atoms with Gasteiger partial charge in [-0.25, -0.2) is 0 Å². The molecule has 0 aromatic heterocycles. The fourth-order valence-corrected chi connectivity index (χ4v) is 2.99. The minimum atomic E-state index is 0.137. The van der Waals surface area contributed by atoms with Crippen LogP contribution in [0.5, 0.6) is 0 Å². The third-order valence-corrected chi connectivity index (χ3v) is 3.94. The van der Waals surface area contributed by atoms with Crippen LogP contribution < -0.4 is 5.32 Å². The van der Waals surface area contributed by atoms with Crippen LogP contribution in [0.4, 0.5) is 0 Å². The quantitative estimate of drug-likeness (QED) is 0.773. The second kappa shape index (κ2) is 7.44.